The molecular weight excluding hydrogens is 241 g/mol. The lowest BCUT2D eigenvalue weighted by molar-refractivity contribution is 0.0686. The van der Waals surface area contributed by atoms with Crippen molar-refractivity contribution in [1.29, 1.82) is 0 Å². The highest BCUT2D eigenvalue weighted by Crippen LogP contribution is 2.34. The molecule has 0 unspecified atom stereocenters. The van der Waals surface area contributed by atoms with Crippen LogP contribution in [0.5, 0.6) is 5.75 Å². The maximum absolute atomic E-state index is 13.4. The number of hydrogen-bond donors (Lipinski definition) is 1. The summed E-state index contributed by atoms with van der Waals surface area (Å²) in [6, 6.07) is 3.74. The number of carboxylic acids is 1. The molecule has 0 radical (unpaired) electrons. The highest BCUT2D eigenvalue weighted by molar-refractivity contribution is 5.86. The van der Waals surface area contributed by atoms with E-state index in [-0.39, 0.29) is 11.5 Å². The number of ether oxygens (including phenoxy) is 1. The van der Waals surface area contributed by atoms with E-state index in [2.05, 4.69) is 5.16 Å². The van der Waals surface area contributed by atoms with Gasteiger partial charge in [0.15, 0.2) is 11.5 Å². The van der Waals surface area contributed by atoms with Gasteiger partial charge in [0.05, 0.1) is 12.7 Å². The van der Waals surface area contributed by atoms with Crippen LogP contribution in [0.3, 0.4) is 0 Å². The minimum Gasteiger partial charge on any atom is -0.496 e. The van der Waals surface area contributed by atoms with Crippen LogP contribution in [0.15, 0.2) is 22.7 Å². The summed E-state index contributed by atoms with van der Waals surface area (Å²) in [6.07, 6.45) is 0. The summed E-state index contributed by atoms with van der Waals surface area (Å²) in [7, 11) is 1.44. The average Bonchev–Trinajstić information content (AvgIpc) is 2.77. The van der Waals surface area contributed by atoms with E-state index in [4.69, 9.17) is 14.4 Å². The fourth-order valence-corrected chi connectivity index (χ4v) is 1.69. The molecule has 0 atom stereocenters. The van der Waals surface area contributed by atoms with Crippen molar-refractivity contribution < 1.29 is 23.6 Å². The molecule has 0 saturated heterocycles. The Hall–Kier alpha value is -2.37. The van der Waals surface area contributed by atoms with Crippen molar-refractivity contribution in [2.75, 3.05) is 7.11 Å². The standard InChI is InChI=1S/C12H10FNO4/c1-6-3-7(13)4-8(11(6)17-2)10-5-9(12(15)16)14-18-10/h3-5H,1-2H3,(H,15,16). The number of nitrogens with zero attached hydrogens (tertiary/aromatic N) is 1. The van der Waals surface area contributed by atoms with Crippen molar-refractivity contribution in [1.82, 2.24) is 5.16 Å². The summed E-state index contributed by atoms with van der Waals surface area (Å²) < 4.78 is 23.4. The van der Waals surface area contributed by atoms with Gasteiger partial charge in [-0.25, -0.2) is 9.18 Å². The Morgan fingerprint density at radius 1 is 1.44 bits per heavy atom. The predicted molar refractivity (Wildman–Crippen MR) is 60.1 cm³/mol. The summed E-state index contributed by atoms with van der Waals surface area (Å²) in [5, 5.41) is 12.1. The zero-order chi connectivity index (χ0) is 13.3. The van der Waals surface area contributed by atoms with E-state index >= 15 is 0 Å². The fraction of sp³-hybridized carbons (Fsp3) is 0.167. The normalized spacial score (nSPS) is 10.4. The minimum absolute atomic E-state index is 0.145. The lowest BCUT2D eigenvalue weighted by Crippen LogP contribution is -1.95. The van der Waals surface area contributed by atoms with Gasteiger partial charge in [0, 0.05) is 6.07 Å². The highest BCUT2D eigenvalue weighted by atomic mass is 19.1. The number of halogens is 1. The van der Waals surface area contributed by atoms with Gasteiger partial charge in [0.25, 0.3) is 0 Å². The van der Waals surface area contributed by atoms with Crippen molar-refractivity contribution in [2.45, 2.75) is 6.92 Å². The van der Waals surface area contributed by atoms with Crippen molar-refractivity contribution in [3.05, 3.63) is 35.3 Å². The average molecular weight is 251 g/mol. The second-order valence-corrected chi connectivity index (χ2v) is 3.69. The Morgan fingerprint density at radius 2 is 2.17 bits per heavy atom. The summed E-state index contributed by atoms with van der Waals surface area (Å²) in [4.78, 5) is 10.7. The van der Waals surface area contributed by atoms with E-state index in [1.807, 2.05) is 0 Å². The van der Waals surface area contributed by atoms with Gasteiger partial charge in [-0.2, -0.15) is 0 Å². The molecule has 0 saturated carbocycles. The third kappa shape index (κ3) is 2.04. The van der Waals surface area contributed by atoms with Crippen LogP contribution in [-0.2, 0) is 0 Å². The molecule has 0 spiro atoms. The lowest BCUT2D eigenvalue weighted by Gasteiger charge is -2.08. The van der Waals surface area contributed by atoms with Crippen LogP contribution in [0.1, 0.15) is 16.1 Å². The zero-order valence-corrected chi connectivity index (χ0v) is 9.73. The van der Waals surface area contributed by atoms with Gasteiger partial charge in [-0.05, 0) is 24.6 Å². The second kappa shape index (κ2) is 4.48. The third-order valence-corrected chi connectivity index (χ3v) is 2.44. The Bertz CT molecular complexity index is 606. The largest absolute Gasteiger partial charge is 0.496 e. The number of aromatic nitrogens is 1. The molecule has 1 aromatic heterocycles. The summed E-state index contributed by atoms with van der Waals surface area (Å²) in [5.41, 5.74) is 0.671. The lowest BCUT2D eigenvalue weighted by atomic mass is 10.1. The summed E-state index contributed by atoms with van der Waals surface area (Å²) >= 11 is 0. The maximum Gasteiger partial charge on any atom is 0.358 e. The Morgan fingerprint density at radius 3 is 2.72 bits per heavy atom. The predicted octanol–water partition coefficient (Wildman–Crippen LogP) is 2.50. The second-order valence-electron chi connectivity index (χ2n) is 3.69. The van der Waals surface area contributed by atoms with Gasteiger partial charge < -0.3 is 14.4 Å². The van der Waals surface area contributed by atoms with Crippen molar-refractivity contribution in [2.24, 2.45) is 0 Å². The molecule has 18 heavy (non-hydrogen) atoms. The smallest absolute Gasteiger partial charge is 0.358 e. The van der Waals surface area contributed by atoms with Gasteiger partial charge in [-0.15, -0.1) is 0 Å². The molecule has 1 heterocycles. The number of methoxy groups -OCH3 is 1. The van der Waals surface area contributed by atoms with Crippen LogP contribution in [-0.4, -0.2) is 23.3 Å². The number of hydrogen-bond acceptors (Lipinski definition) is 4. The number of carbonyl (C=O) groups is 1. The van der Waals surface area contributed by atoms with Crippen LogP contribution in [0.25, 0.3) is 11.3 Å². The molecule has 94 valence electrons. The molecule has 2 rings (SSSR count). The van der Waals surface area contributed by atoms with Crippen LogP contribution < -0.4 is 4.74 Å². The minimum atomic E-state index is -1.21. The first-order valence-corrected chi connectivity index (χ1v) is 5.07. The van der Waals surface area contributed by atoms with Crippen LogP contribution >= 0.6 is 0 Å². The van der Waals surface area contributed by atoms with Crippen molar-refractivity contribution >= 4 is 5.97 Å². The molecule has 6 heteroatoms. The van der Waals surface area contributed by atoms with Gasteiger partial charge >= 0.3 is 5.97 Å². The molecule has 5 nitrogen and oxygen atoms in total. The zero-order valence-electron chi connectivity index (χ0n) is 9.73. The van der Waals surface area contributed by atoms with Gasteiger partial charge in [-0.1, -0.05) is 5.16 Å². The van der Waals surface area contributed by atoms with Crippen LogP contribution in [0.2, 0.25) is 0 Å². The molecule has 1 aromatic carbocycles. The summed E-state index contributed by atoms with van der Waals surface area (Å²) in [5.74, 6) is -1.11. The molecule has 0 aliphatic rings. The number of rotatable bonds is 3. The molecule has 0 aliphatic carbocycles. The Kier molecular flexibility index (Phi) is 3.01. The number of aryl methyl sites for hydroxylation is 1. The van der Waals surface area contributed by atoms with Crippen LogP contribution in [0.4, 0.5) is 4.39 Å². The molecule has 1 N–H and O–H groups in total. The SMILES string of the molecule is COc1c(C)cc(F)cc1-c1cc(C(=O)O)no1. The number of aromatic carboxylic acids is 1. The first-order valence-electron chi connectivity index (χ1n) is 5.07. The first kappa shape index (κ1) is 12.1. The monoisotopic (exact) mass is 251 g/mol. The fourth-order valence-electron chi connectivity index (χ4n) is 1.69. The Balaban J connectivity index is 2.58. The number of carboxylic acid groups (broad SMARTS) is 1. The van der Waals surface area contributed by atoms with E-state index in [9.17, 15) is 9.18 Å². The van der Waals surface area contributed by atoms with Gasteiger partial charge in [0.1, 0.15) is 11.6 Å². The molecule has 0 fully saturated rings. The molecule has 0 aliphatic heterocycles. The summed E-state index contributed by atoms with van der Waals surface area (Å²) in [6.45, 7) is 1.68. The Labute approximate surface area is 102 Å². The topological polar surface area (TPSA) is 72.6 Å². The van der Waals surface area contributed by atoms with E-state index < -0.39 is 11.8 Å². The third-order valence-electron chi connectivity index (χ3n) is 2.44. The first-order chi connectivity index (χ1) is 8.52. The van der Waals surface area contributed by atoms with E-state index in [1.165, 1.54) is 25.3 Å². The molecule has 0 bridgehead atoms. The van der Waals surface area contributed by atoms with Gasteiger partial charge in [0.2, 0.25) is 0 Å². The molecule has 2 aromatic rings. The van der Waals surface area contributed by atoms with Crippen molar-refractivity contribution in [3.63, 3.8) is 0 Å². The molecule has 0 amide bonds. The van der Waals surface area contributed by atoms with E-state index in [0.29, 0.717) is 16.9 Å². The van der Waals surface area contributed by atoms with E-state index in [0.717, 1.165) is 0 Å². The molecular formula is C12H10FNO4. The maximum atomic E-state index is 13.4. The van der Waals surface area contributed by atoms with Gasteiger partial charge in [-0.3, -0.25) is 0 Å². The van der Waals surface area contributed by atoms with E-state index in [1.54, 1.807) is 6.92 Å². The highest BCUT2D eigenvalue weighted by Gasteiger charge is 2.17. The van der Waals surface area contributed by atoms with Crippen LogP contribution in [0, 0.1) is 12.7 Å². The van der Waals surface area contributed by atoms with Crippen molar-refractivity contribution in [3.8, 4) is 17.1 Å². The number of benzene rings is 1. The quantitative estimate of drug-likeness (QED) is 0.907.